The maximum Gasteiger partial charge on any atom is 0.416 e. The summed E-state index contributed by atoms with van der Waals surface area (Å²) in [5.41, 5.74) is -0.444. The molecule has 0 N–H and O–H groups in total. The summed E-state index contributed by atoms with van der Waals surface area (Å²) in [6.07, 6.45) is -4.34. The summed E-state index contributed by atoms with van der Waals surface area (Å²) in [6.45, 7) is -0.110. The quantitative estimate of drug-likeness (QED) is 0.549. The van der Waals surface area contributed by atoms with Gasteiger partial charge in [0.2, 0.25) is 0 Å². The Morgan fingerprint density at radius 3 is 2.27 bits per heavy atom. The Balaban J connectivity index is 2.78. The molecule has 1 aromatic carbocycles. The summed E-state index contributed by atoms with van der Waals surface area (Å²) in [6, 6.07) is 5.96. The topological polar surface area (TPSA) is 48.5 Å². The Kier molecular flexibility index (Phi) is 3.39. The fourth-order valence-electron chi connectivity index (χ4n) is 0.866. The van der Waals surface area contributed by atoms with E-state index in [1.807, 2.05) is 0 Å². The molecule has 1 rings (SSSR count). The highest BCUT2D eigenvalue weighted by atomic mass is 19.4. The third-order valence-corrected chi connectivity index (χ3v) is 1.52. The van der Waals surface area contributed by atoms with Gasteiger partial charge in [0.25, 0.3) is 0 Å². The van der Waals surface area contributed by atoms with Gasteiger partial charge < -0.3 is 0 Å². The molecular weight excluding hydrogens is 207 g/mol. The first-order valence-electron chi connectivity index (χ1n) is 3.96. The van der Waals surface area contributed by atoms with Crippen molar-refractivity contribution < 1.29 is 13.2 Å². The molecule has 0 heterocycles. The number of benzene rings is 1. The molecule has 0 aromatic heterocycles. The minimum atomic E-state index is -4.34. The zero-order chi connectivity index (χ0) is 11.3. The van der Waals surface area contributed by atoms with E-state index in [2.05, 4.69) is 10.2 Å². The number of halogens is 3. The van der Waals surface area contributed by atoms with E-state index in [-0.39, 0.29) is 6.54 Å². The number of hydrogen-bond acceptors (Lipinski definition) is 3. The lowest BCUT2D eigenvalue weighted by atomic mass is 10.2. The van der Waals surface area contributed by atoms with Gasteiger partial charge in [-0.3, -0.25) is 0 Å². The molecule has 0 aliphatic rings. The Labute approximate surface area is 83.9 Å². The van der Waals surface area contributed by atoms with E-state index in [1.165, 1.54) is 12.1 Å². The zero-order valence-corrected chi connectivity index (χ0v) is 7.49. The van der Waals surface area contributed by atoms with Gasteiger partial charge in [0, 0.05) is 0 Å². The molecule has 78 valence electrons. The second kappa shape index (κ2) is 4.55. The van der Waals surface area contributed by atoms with Crippen molar-refractivity contribution >= 4 is 5.69 Å². The van der Waals surface area contributed by atoms with Crippen molar-refractivity contribution in [2.24, 2.45) is 10.2 Å². The van der Waals surface area contributed by atoms with Gasteiger partial charge in [-0.25, -0.2) is 0 Å². The highest BCUT2D eigenvalue weighted by Gasteiger charge is 2.29. The summed E-state index contributed by atoms with van der Waals surface area (Å²) >= 11 is 0. The van der Waals surface area contributed by atoms with Gasteiger partial charge in [0.1, 0.15) is 6.54 Å². The van der Waals surface area contributed by atoms with Crippen molar-refractivity contribution in [3.8, 4) is 6.07 Å². The summed E-state index contributed by atoms with van der Waals surface area (Å²) < 4.78 is 36.4. The second-order valence-corrected chi connectivity index (χ2v) is 2.60. The predicted octanol–water partition coefficient (Wildman–Crippen LogP) is 3.31. The third kappa shape index (κ3) is 3.38. The number of hydrogen-bond donors (Lipinski definition) is 0. The van der Waals surface area contributed by atoms with Crippen LogP contribution in [0.5, 0.6) is 0 Å². The Bertz CT molecular complexity index is 387. The smallest absolute Gasteiger partial charge is 0.196 e. The molecule has 1 aromatic rings. The monoisotopic (exact) mass is 213 g/mol. The van der Waals surface area contributed by atoms with Crippen molar-refractivity contribution in [3.05, 3.63) is 29.8 Å². The van der Waals surface area contributed by atoms with Crippen LogP contribution >= 0.6 is 0 Å². The van der Waals surface area contributed by atoms with Crippen LogP contribution in [0.3, 0.4) is 0 Å². The molecule has 0 unspecified atom stereocenters. The Morgan fingerprint density at radius 2 is 1.80 bits per heavy atom. The lowest BCUT2D eigenvalue weighted by molar-refractivity contribution is -0.137. The van der Waals surface area contributed by atoms with E-state index in [1.54, 1.807) is 6.07 Å². The summed E-state index contributed by atoms with van der Waals surface area (Å²) in [4.78, 5) is 0. The summed E-state index contributed by atoms with van der Waals surface area (Å²) in [5, 5.41) is 15.1. The number of azo groups is 1. The van der Waals surface area contributed by atoms with Gasteiger partial charge in [-0.1, -0.05) is 0 Å². The average molecular weight is 213 g/mol. The van der Waals surface area contributed by atoms with E-state index in [0.29, 0.717) is 5.69 Å². The maximum atomic E-state index is 12.1. The van der Waals surface area contributed by atoms with Crippen LogP contribution in [0.2, 0.25) is 0 Å². The molecule has 0 radical (unpaired) electrons. The lowest BCUT2D eigenvalue weighted by Gasteiger charge is -2.05. The molecule has 0 saturated carbocycles. The van der Waals surface area contributed by atoms with E-state index in [9.17, 15) is 13.2 Å². The summed E-state index contributed by atoms with van der Waals surface area (Å²) in [5.74, 6) is 0. The van der Waals surface area contributed by atoms with Crippen LogP contribution in [0.4, 0.5) is 18.9 Å². The predicted molar refractivity (Wildman–Crippen MR) is 46.4 cm³/mol. The van der Waals surface area contributed by atoms with Crippen LogP contribution in [0.25, 0.3) is 0 Å². The standard InChI is InChI=1S/C9H6F3N3/c10-9(11,12)7-1-3-8(4-2-7)15-14-6-5-13/h1-4H,6H2. The molecule has 15 heavy (non-hydrogen) atoms. The van der Waals surface area contributed by atoms with Gasteiger partial charge in [-0.2, -0.15) is 28.7 Å². The van der Waals surface area contributed by atoms with Gasteiger partial charge in [-0.15, -0.1) is 0 Å². The maximum absolute atomic E-state index is 12.1. The number of alkyl halides is 3. The molecule has 0 aliphatic heterocycles. The van der Waals surface area contributed by atoms with Crippen molar-refractivity contribution in [1.82, 2.24) is 0 Å². The van der Waals surface area contributed by atoms with Crippen LogP contribution in [0.15, 0.2) is 34.5 Å². The molecule has 0 bridgehead atoms. The fraction of sp³-hybridized carbons (Fsp3) is 0.222. The molecule has 0 amide bonds. The molecule has 0 fully saturated rings. The lowest BCUT2D eigenvalue weighted by Crippen LogP contribution is -2.03. The molecule has 0 spiro atoms. The van der Waals surface area contributed by atoms with Crippen LogP contribution < -0.4 is 0 Å². The first-order valence-corrected chi connectivity index (χ1v) is 3.96. The Hall–Kier alpha value is -1.90. The fourth-order valence-corrected chi connectivity index (χ4v) is 0.866. The SMILES string of the molecule is N#CCN=Nc1ccc(C(F)(F)F)cc1. The Morgan fingerprint density at radius 1 is 1.20 bits per heavy atom. The first-order chi connectivity index (χ1) is 7.04. The second-order valence-electron chi connectivity index (χ2n) is 2.60. The van der Waals surface area contributed by atoms with Crippen molar-refractivity contribution in [2.75, 3.05) is 6.54 Å². The van der Waals surface area contributed by atoms with Gasteiger partial charge >= 0.3 is 6.18 Å². The van der Waals surface area contributed by atoms with Gasteiger partial charge in [-0.05, 0) is 24.3 Å². The molecule has 0 atom stereocenters. The highest BCUT2D eigenvalue weighted by molar-refractivity contribution is 5.38. The normalized spacial score (nSPS) is 11.6. The van der Waals surface area contributed by atoms with E-state index in [4.69, 9.17) is 5.26 Å². The van der Waals surface area contributed by atoms with E-state index < -0.39 is 11.7 Å². The van der Waals surface area contributed by atoms with Crippen molar-refractivity contribution in [2.45, 2.75) is 6.18 Å². The van der Waals surface area contributed by atoms with Crippen LogP contribution in [0.1, 0.15) is 5.56 Å². The van der Waals surface area contributed by atoms with Crippen LogP contribution in [-0.4, -0.2) is 6.54 Å². The van der Waals surface area contributed by atoms with Crippen molar-refractivity contribution in [1.29, 1.82) is 5.26 Å². The number of nitriles is 1. The molecular formula is C9H6F3N3. The zero-order valence-electron chi connectivity index (χ0n) is 7.49. The van der Waals surface area contributed by atoms with Crippen molar-refractivity contribution in [3.63, 3.8) is 0 Å². The largest absolute Gasteiger partial charge is 0.416 e. The van der Waals surface area contributed by atoms with Crippen LogP contribution in [-0.2, 0) is 6.18 Å². The minimum absolute atomic E-state index is 0.110. The third-order valence-electron chi connectivity index (χ3n) is 1.52. The minimum Gasteiger partial charge on any atom is -0.196 e. The van der Waals surface area contributed by atoms with E-state index >= 15 is 0 Å². The first kappa shape index (κ1) is 11.2. The average Bonchev–Trinajstić information content (AvgIpc) is 2.18. The molecule has 0 aliphatic carbocycles. The van der Waals surface area contributed by atoms with E-state index in [0.717, 1.165) is 12.1 Å². The highest BCUT2D eigenvalue weighted by Crippen LogP contribution is 2.30. The summed E-state index contributed by atoms with van der Waals surface area (Å²) in [7, 11) is 0. The molecule has 0 saturated heterocycles. The molecule has 6 heteroatoms. The number of nitrogens with zero attached hydrogens (tertiary/aromatic N) is 3. The van der Waals surface area contributed by atoms with Gasteiger partial charge in [0.05, 0.1) is 17.3 Å². The molecule has 3 nitrogen and oxygen atoms in total. The number of rotatable bonds is 2. The van der Waals surface area contributed by atoms with Crippen LogP contribution in [0, 0.1) is 11.3 Å². The van der Waals surface area contributed by atoms with Gasteiger partial charge in [0.15, 0.2) is 0 Å².